The van der Waals surface area contributed by atoms with E-state index in [2.05, 4.69) is 26.5 Å². The van der Waals surface area contributed by atoms with Gasteiger partial charge in [0.1, 0.15) is 0 Å². The predicted octanol–water partition coefficient (Wildman–Crippen LogP) is 4.32. The van der Waals surface area contributed by atoms with Crippen molar-refractivity contribution in [2.45, 2.75) is 6.92 Å². The predicted molar refractivity (Wildman–Crippen MR) is 83.1 cm³/mol. The highest BCUT2D eigenvalue weighted by molar-refractivity contribution is 9.10. The number of hydrogen-bond acceptors (Lipinski definition) is 3. The Morgan fingerprint density at radius 2 is 2.05 bits per heavy atom. The van der Waals surface area contributed by atoms with Gasteiger partial charge in [-0.2, -0.15) is 5.10 Å². The fraction of sp³-hybridized carbons (Fsp3) is 0.0769. The highest BCUT2D eigenvalue weighted by atomic mass is 79.9. The van der Waals surface area contributed by atoms with Crippen molar-refractivity contribution in [2.24, 2.45) is 5.10 Å². The molecule has 1 amide bonds. The topological polar surface area (TPSA) is 41.5 Å². The summed E-state index contributed by atoms with van der Waals surface area (Å²) in [4.78, 5) is 12.9. The first-order valence-electron chi connectivity index (χ1n) is 5.43. The van der Waals surface area contributed by atoms with Gasteiger partial charge in [-0.15, -0.1) is 11.3 Å². The lowest BCUT2D eigenvalue weighted by Gasteiger charge is -2.03. The zero-order valence-electron chi connectivity index (χ0n) is 9.98. The molecule has 0 bridgehead atoms. The molecule has 0 radical (unpaired) electrons. The zero-order valence-corrected chi connectivity index (χ0v) is 13.1. The Morgan fingerprint density at radius 3 is 2.68 bits per heavy atom. The number of nitrogens with zero attached hydrogens (tertiary/aromatic N) is 1. The monoisotopic (exact) mass is 356 g/mol. The van der Waals surface area contributed by atoms with Gasteiger partial charge in [-0.05, 0) is 47.1 Å². The van der Waals surface area contributed by atoms with Crippen molar-refractivity contribution in [3.8, 4) is 0 Å². The fourth-order valence-corrected chi connectivity index (χ4v) is 2.86. The zero-order chi connectivity index (χ0) is 13.8. The standard InChI is InChI=1S/C13H10BrClN2OS/c1-8(11-6-7-12(15)19-11)16-17-13(18)9-4-2-3-5-10(9)14/h2-7H,1H3,(H,17,18)/b16-8+. The first-order chi connectivity index (χ1) is 9.08. The molecule has 0 unspecified atom stereocenters. The van der Waals surface area contributed by atoms with E-state index < -0.39 is 0 Å². The van der Waals surface area contributed by atoms with E-state index in [0.29, 0.717) is 9.90 Å². The first-order valence-corrected chi connectivity index (χ1v) is 7.41. The maximum Gasteiger partial charge on any atom is 0.272 e. The third kappa shape index (κ3) is 3.65. The van der Waals surface area contributed by atoms with Crippen LogP contribution in [0.4, 0.5) is 0 Å². The van der Waals surface area contributed by atoms with Crippen molar-refractivity contribution < 1.29 is 4.79 Å². The first kappa shape index (κ1) is 14.2. The Labute approximate surface area is 128 Å². The number of hydrazone groups is 1. The molecule has 2 aromatic rings. The molecule has 19 heavy (non-hydrogen) atoms. The Balaban J connectivity index is 2.10. The van der Waals surface area contributed by atoms with E-state index >= 15 is 0 Å². The molecular formula is C13H10BrClN2OS. The van der Waals surface area contributed by atoms with Crippen LogP contribution in [0, 0.1) is 0 Å². The van der Waals surface area contributed by atoms with Gasteiger partial charge in [-0.25, -0.2) is 5.43 Å². The number of carbonyl (C=O) groups is 1. The number of amides is 1. The van der Waals surface area contributed by atoms with Gasteiger partial charge in [0.05, 0.1) is 20.5 Å². The van der Waals surface area contributed by atoms with Gasteiger partial charge in [0.25, 0.3) is 5.91 Å². The van der Waals surface area contributed by atoms with Crippen molar-refractivity contribution >= 4 is 50.5 Å². The number of halogens is 2. The van der Waals surface area contributed by atoms with E-state index in [1.165, 1.54) is 11.3 Å². The van der Waals surface area contributed by atoms with Gasteiger partial charge in [-0.1, -0.05) is 23.7 Å². The Morgan fingerprint density at radius 1 is 1.32 bits per heavy atom. The second kappa shape index (κ2) is 6.32. The second-order valence-corrected chi connectivity index (χ2v) is 6.29. The van der Waals surface area contributed by atoms with Crippen LogP contribution in [0.2, 0.25) is 4.34 Å². The number of nitrogens with one attached hydrogen (secondary N) is 1. The Hall–Kier alpha value is -1.17. The quantitative estimate of drug-likeness (QED) is 0.645. The molecule has 2 rings (SSSR count). The molecule has 1 aromatic carbocycles. The van der Waals surface area contributed by atoms with Crippen LogP contribution < -0.4 is 5.43 Å². The molecule has 98 valence electrons. The summed E-state index contributed by atoms with van der Waals surface area (Å²) >= 11 is 10.6. The molecular weight excluding hydrogens is 348 g/mol. The molecule has 1 N–H and O–H groups in total. The van der Waals surface area contributed by atoms with Gasteiger partial charge in [0, 0.05) is 4.47 Å². The van der Waals surface area contributed by atoms with Crippen LogP contribution in [0.25, 0.3) is 0 Å². The van der Waals surface area contributed by atoms with Gasteiger partial charge >= 0.3 is 0 Å². The summed E-state index contributed by atoms with van der Waals surface area (Å²) in [5.41, 5.74) is 3.79. The SMILES string of the molecule is C/C(=N\NC(=O)c1ccccc1Br)c1ccc(Cl)s1. The molecule has 3 nitrogen and oxygen atoms in total. The molecule has 0 atom stereocenters. The number of carbonyl (C=O) groups excluding carboxylic acids is 1. The number of hydrogen-bond donors (Lipinski definition) is 1. The molecule has 0 spiro atoms. The maximum absolute atomic E-state index is 11.9. The summed E-state index contributed by atoms with van der Waals surface area (Å²) in [6, 6.07) is 10.9. The van der Waals surface area contributed by atoms with Crippen molar-refractivity contribution in [2.75, 3.05) is 0 Å². The van der Waals surface area contributed by atoms with E-state index in [1.807, 2.05) is 25.1 Å². The minimum atomic E-state index is -0.255. The average molecular weight is 358 g/mol. The Kier molecular flexibility index (Phi) is 4.74. The highest BCUT2D eigenvalue weighted by Crippen LogP contribution is 2.22. The van der Waals surface area contributed by atoms with Crippen LogP contribution in [-0.4, -0.2) is 11.6 Å². The van der Waals surface area contributed by atoms with E-state index in [-0.39, 0.29) is 5.91 Å². The van der Waals surface area contributed by atoms with E-state index in [0.717, 1.165) is 15.1 Å². The van der Waals surface area contributed by atoms with Gasteiger partial charge in [0.2, 0.25) is 0 Å². The summed E-state index contributed by atoms with van der Waals surface area (Å²) in [5.74, 6) is -0.255. The minimum absolute atomic E-state index is 0.255. The van der Waals surface area contributed by atoms with Crippen molar-refractivity contribution in [1.82, 2.24) is 5.43 Å². The molecule has 0 saturated heterocycles. The fourth-order valence-electron chi connectivity index (χ4n) is 1.40. The average Bonchev–Trinajstić information content (AvgIpc) is 2.83. The lowest BCUT2D eigenvalue weighted by Crippen LogP contribution is -2.19. The third-order valence-corrected chi connectivity index (χ3v) is 4.40. The normalized spacial score (nSPS) is 11.4. The lowest BCUT2D eigenvalue weighted by molar-refractivity contribution is 0.0954. The minimum Gasteiger partial charge on any atom is -0.267 e. The summed E-state index contributed by atoms with van der Waals surface area (Å²) in [6.07, 6.45) is 0. The van der Waals surface area contributed by atoms with Crippen LogP contribution in [-0.2, 0) is 0 Å². The van der Waals surface area contributed by atoms with Crippen LogP contribution in [0.1, 0.15) is 22.2 Å². The summed E-state index contributed by atoms with van der Waals surface area (Å²) in [5, 5.41) is 4.07. The number of thiophene rings is 1. The molecule has 0 fully saturated rings. The molecule has 0 saturated carbocycles. The molecule has 0 aliphatic heterocycles. The molecule has 1 aromatic heterocycles. The van der Waals surface area contributed by atoms with Crippen LogP contribution >= 0.6 is 38.9 Å². The maximum atomic E-state index is 11.9. The lowest BCUT2D eigenvalue weighted by atomic mass is 10.2. The van der Waals surface area contributed by atoms with Gasteiger partial charge in [0.15, 0.2) is 0 Å². The summed E-state index contributed by atoms with van der Waals surface area (Å²) in [7, 11) is 0. The third-order valence-electron chi connectivity index (χ3n) is 2.37. The summed E-state index contributed by atoms with van der Waals surface area (Å²) in [6.45, 7) is 1.82. The van der Waals surface area contributed by atoms with E-state index in [1.54, 1.807) is 18.2 Å². The Bertz CT molecular complexity index is 639. The molecule has 0 aliphatic carbocycles. The van der Waals surface area contributed by atoms with Crippen LogP contribution in [0.3, 0.4) is 0 Å². The van der Waals surface area contributed by atoms with Gasteiger partial charge in [-0.3, -0.25) is 4.79 Å². The molecule has 0 aliphatic rings. The largest absolute Gasteiger partial charge is 0.272 e. The molecule has 6 heteroatoms. The number of benzene rings is 1. The van der Waals surface area contributed by atoms with Crippen LogP contribution in [0.5, 0.6) is 0 Å². The van der Waals surface area contributed by atoms with Crippen molar-refractivity contribution in [3.05, 3.63) is 55.6 Å². The smallest absolute Gasteiger partial charge is 0.267 e. The van der Waals surface area contributed by atoms with Gasteiger partial charge < -0.3 is 0 Å². The molecule has 1 heterocycles. The number of rotatable bonds is 3. The highest BCUT2D eigenvalue weighted by Gasteiger charge is 2.08. The van der Waals surface area contributed by atoms with E-state index in [9.17, 15) is 4.79 Å². The van der Waals surface area contributed by atoms with Crippen molar-refractivity contribution in [1.29, 1.82) is 0 Å². The van der Waals surface area contributed by atoms with E-state index in [4.69, 9.17) is 11.6 Å². The van der Waals surface area contributed by atoms with Crippen LogP contribution in [0.15, 0.2) is 46.0 Å². The second-order valence-electron chi connectivity index (χ2n) is 3.72. The van der Waals surface area contributed by atoms with Crippen molar-refractivity contribution in [3.63, 3.8) is 0 Å². The summed E-state index contributed by atoms with van der Waals surface area (Å²) < 4.78 is 1.43.